The minimum atomic E-state index is -0.559. The van der Waals surface area contributed by atoms with Crippen molar-refractivity contribution in [3.8, 4) is 11.5 Å². The first-order valence-corrected chi connectivity index (χ1v) is 9.20. The second kappa shape index (κ2) is 7.84. The fourth-order valence-electron chi connectivity index (χ4n) is 2.97. The Kier molecular flexibility index (Phi) is 5.07. The largest absolute Gasteiger partial charge is 0.366 e. The van der Waals surface area contributed by atoms with Crippen LogP contribution >= 0.6 is 11.6 Å². The molecule has 0 unspecified atom stereocenters. The molecule has 4 aromatic rings. The quantitative estimate of drug-likeness (QED) is 0.511. The molecule has 0 saturated heterocycles. The molecule has 0 saturated carbocycles. The van der Waals surface area contributed by atoms with Crippen molar-refractivity contribution in [2.75, 3.05) is 5.32 Å². The van der Waals surface area contributed by atoms with Crippen molar-refractivity contribution in [3.05, 3.63) is 95.2 Å². The summed E-state index contributed by atoms with van der Waals surface area (Å²) in [5.74, 6) is -1.09. The molecule has 2 amide bonds. The molecule has 3 N–H and O–H groups in total. The monoisotopic (exact) mass is 423 g/mol. The number of primary amides is 1. The second-order valence-electron chi connectivity index (χ2n) is 6.38. The molecule has 0 aliphatic rings. The molecule has 30 heavy (non-hydrogen) atoms. The van der Waals surface area contributed by atoms with E-state index in [1.165, 1.54) is 41.2 Å². The van der Waals surface area contributed by atoms with Crippen molar-refractivity contribution in [2.24, 2.45) is 5.73 Å². The molecule has 0 fully saturated rings. The summed E-state index contributed by atoms with van der Waals surface area (Å²) in [6.45, 7) is 0. The van der Waals surface area contributed by atoms with Crippen molar-refractivity contribution in [1.82, 2.24) is 14.3 Å². The molecule has 4 rings (SSSR count). The average molecular weight is 424 g/mol. The molecule has 0 bridgehead atoms. The fourth-order valence-corrected chi connectivity index (χ4v) is 3.16. The van der Waals surface area contributed by atoms with Crippen LogP contribution in [0.25, 0.3) is 11.5 Å². The van der Waals surface area contributed by atoms with E-state index < -0.39 is 17.6 Å². The van der Waals surface area contributed by atoms with Gasteiger partial charge < -0.3 is 15.6 Å². The molecule has 2 heterocycles. The number of hydrogen-bond acceptors (Lipinski definition) is 3. The average Bonchev–Trinajstić information content (AvgIpc) is 3.39. The number of nitrogens with zero attached hydrogens (tertiary/aromatic N) is 3. The van der Waals surface area contributed by atoms with Gasteiger partial charge in [0.15, 0.2) is 5.82 Å². The minimum absolute atomic E-state index is 0.241. The van der Waals surface area contributed by atoms with Gasteiger partial charge in [0.2, 0.25) is 5.91 Å². The van der Waals surface area contributed by atoms with E-state index in [1.54, 1.807) is 41.2 Å². The Hall–Kier alpha value is -3.91. The van der Waals surface area contributed by atoms with Gasteiger partial charge in [-0.15, -0.1) is 0 Å². The molecular weight excluding hydrogens is 409 g/mol. The molecule has 7 nitrogen and oxygen atoms in total. The maximum atomic E-state index is 13.8. The highest BCUT2D eigenvalue weighted by Crippen LogP contribution is 2.26. The fraction of sp³-hybridized carbons (Fsp3) is 0. The van der Waals surface area contributed by atoms with Crippen LogP contribution in [-0.4, -0.2) is 26.2 Å². The number of aromatic nitrogens is 3. The van der Waals surface area contributed by atoms with E-state index in [9.17, 15) is 14.0 Å². The van der Waals surface area contributed by atoms with Crippen LogP contribution in [0.15, 0.2) is 73.2 Å². The summed E-state index contributed by atoms with van der Waals surface area (Å²) in [4.78, 5) is 24.2. The molecule has 150 valence electrons. The van der Waals surface area contributed by atoms with Crippen LogP contribution in [0.5, 0.6) is 0 Å². The van der Waals surface area contributed by atoms with Gasteiger partial charge in [0.1, 0.15) is 11.4 Å². The van der Waals surface area contributed by atoms with Crippen LogP contribution in [-0.2, 0) is 0 Å². The molecule has 9 heteroatoms. The van der Waals surface area contributed by atoms with Crippen LogP contribution in [0.1, 0.15) is 20.7 Å². The molecular formula is C21H15ClFN5O2. The van der Waals surface area contributed by atoms with E-state index in [1.807, 2.05) is 0 Å². The Bertz CT molecular complexity index is 1230. The highest BCUT2D eigenvalue weighted by atomic mass is 35.5. The normalized spacial score (nSPS) is 10.7. The van der Waals surface area contributed by atoms with Crippen molar-refractivity contribution >= 4 is 29.1 Å². The van der Waals surface area contributed by atoms with E-state index in [0.717, 1.165) is 0 Å². The van der Waals surface area contributed by atoms with E-state index >= 15 is 0 Å². The highest BCUT2D eigenvalue weighted by molar-refractivity contribution is 6.32. The number of carbonyl (C=O) groups excluding carboxylic acids is 2. The Morgan fingerprint density at radius 1 is 1.07 bits per heavy atom. The van der Waals surface area contributed by atoms with Gasteiger partial charge >= 0.3 is 0 Å². The van der Waals surface area contributed by atoms with Gasteiger partial charge in [-0.3, -0.25) is 9.59 Å². The summed E-state index contributed by atoms with van der Waals surface area (Å²) in [5, 5.41) is 7.30. The van der Waals surface area contributed by atoms with E-state index in [4.69, 9.17) is 17.3 Å². The SMILES string of the molecule is NC(=O)c1ccc(NC(=O)c2cnn(-c3cc(F)ccc3Cl)c2-n2cccc2)cc1. The van der Waals surface area contributed by atoms with Gasteiger partial charge in [-0.2, -0.15) is 5.10 Å². The standard InChI is InChI=1S/C21H15ClFN5O2/c22-17-8-5-14(23)11-18(17)28-21(27-9-1-2-10-27)16(12-25-28)20(30)26-15-6-3-13(4-7-15)19(24)29/h1-12H,(H2,24,29)(H,26,30). The lowest BCUT2D eigenvalue weighted by Crippen LogP contribution is -2.16. The topological polar surface area (TPSA) is 94.9 Å². The Labute approximate surface area is 175 Å². The third-order valence-electron chi connectivity index (χ3n) is 4.40. The first-order chi connectivity index (χ1) is 14.4. The molecule has 0 atom stereocenters. The number of carbonyl (C=O) groups is 2. The first-order valence-electron chi connectivity index (χ1n) is 8.82. The predicted octanol–water partition coefficient (Wildman–Crippen LogP) is 3.81. The molecule has 0 radical (unpaired) electrons. The lowest BCUT2D eigenvalue weighted by molar-refractivity contribution is 0.0998. The van der Waals surface area contributed by atoms with Crippen LogP contribution in [0.2, 0.25) is 5.02 Å². The number of hydrogen-bond donors (Lipinski definition) is 2. The van der Waals surface area contributed by atoms with Crippen molar-refractivity contribution < 1.29 is 14.0 Å². The summed E-state index contributed by atoms with van der Waals surface area (Å²) in [6, 6.07) is 13.7. The van der Waals surface area contributed by atoms with Crippen molar-refractivity contribution in [2.45, 2.75) is 0 Å². The van der Waals surface area contributed by atoms with Gasteiger partial charge in [-0.25, -0.2) is 9.07 Å². The number of anilines is 1. The number of nitrogens with one attached hydrogen (secondary N) is 1. The zero-order chi connectivity index (χ0) is 21.3. The third kappa shape index (κ3) is 3.68. The van der Waals surface area contributed by atoms with Crippen LogP contribution in [0.3, 0.4) is 0 Å². The molecule has 2 aromatic carbocycles. The zero-order valence-corrected chi connectivity index (χ0v) is 16.2. The number of rotatable bonds is 5. The summed E-state index contributed by atoms with van der Waals surface area (Å²) in [5.41, 5.74) is 6.57. The Balaban J connectivity index is 1.75. The Morgan fingerprint density at radius 3 is 2.43 bits per heavy atom. The van der Waals surface area contributed by atoms with Gasteiger partial charge in [-0.05, 0) is 48.5 Å². The third-order valence-corrected chi connectivity index (χ3v) is 4.72. The number of halogens is 2. The van der Waals surface area contributed by atoms with E-state index in [0.29, 0.717) is 22.8 Å². The minimum Gasteiger partial charge on any atom is -0.366 e. The molecule has 0 aliphatic heterocycles. The summed E-state index contributed by atoms with van der Waals surface area (Å²) < 4.78 is 16.9. The number of benzene rings is 2. The van der Waals surface area contributed by atoms with Crippen LogP contribution in [0, 0.1) is 5.82 Å². The second-order valence-corrected chi connectivity index (χ2v) is 6.78. The summed E-state index contributed by atoms with van der Waals surface area (Å²) in [6.07, 6.45) is 4.85. The predicted molar refractivity (Wildman–Crippen MR) is 111 cm³/mol. The van der Waals surface area contributed by atoms with Crippen LogP contribution < -0.4 is 11.1 Å². The zero-order valence-electron chi connectivity index (χ0n) is 15.4. The van der Waals surface area contributed by atoms with Gasteiger partial charge in [0.25, 0.3) is 5.91 Å². The highest BCUT2D eigenvalue weighted by Gasteiger charge is 2.21. The first kappa shape index (κ1) is 19.4. The van der Waals surface area contributed by atoms with Gasteiger partial charge in [-0.1, -0.05) is 11.6 Å². The smallest absolute Gasteiger partial charge is 0.261 e. The van der Waals surface area contributed by atoms with Gasteiger partial charge in [0, 0.05) is 29.7 Å². The maximum Gasteiger partial charge on any atom is 0.261 e. The van der Waals surface area contributed by atoms with Crippen molar-refractivity contribution in [3.63, 3.8) is 0 Å². The molecule has 0 aliphatic carbocycles. The molecule has 2 aromatic heterocycles. The summed E-state index contributed by atoms with van der Waals surface area (Å²) >= 11 is 6.25. The summed E-state index contributed by atoms with van der Waals surface area (Å²) in [7, 11) is 0. The van der Waals surface area contributed by atoms with Gasteiger partial charge in [0.05, 0.1) is 16.9 Å². The lowest BCUT2D eigenvalue weighted by atomic mass is 10.2. The number of amides is 2. The van der Waals surface area contributed by atoms with E-state index in [2.05, 4.69) is 10.4 Å². The van der Waals surface area contributed by atoms with Crippen LogP contribution in [0.4, 0.5) is 10.1 Å². The lowest BCUT2D eigenvalue weighted by Gasteiger charge is -2.12. The Morgan fingerprint density at radius 2 is 1.77 bits per heavy atom. The van der Waals surface area contributed by atoms with E-state index in [-0.39, 0.29) is 10.6 Å². The molecule has 0 spiro atoms. The maximum absolute atomic E-state index is 13.8. The number of nitrogens with two attached hydrogens (primary N) is 1. The van der Waals surface area contributed by atoms with Crippen molar-refractivity contribution in [1.29, 1.82) is 0 Å².